The molecule has 0 spiro atoms. The Kier molecular flexibility index (Phi) is 6.05. The molecule has 0 saturated carbocycles. The minimum atomic E-state index is -0.849. The van der Waals surface area contributed by atoms with Crippen LogP contribution >= 0.6 is 11.6 Å². The zero-order valence-corrected chi connectivity index (χ0v) is 18.4. The molecule has 3 aromatic carbocycles. The van der Waals surface area contributed by atoms with Gasteiger partial charge in [-0.3, -0.25) is 9.59 Å². The second-order valence-corrected chi connectivity index (χ2v) is 7.76. The van der Waals surface area contributed by atoms with Gasteiger partial charge in [-0.2, -0.15) is 5.10 Å². The predicted octanol–water partition coefficient (Wildman–Crippen LogP) is 4.99. The smallest absolute Gasteiger partial charge is 0.318 e. The lowest BCUT2D eigenvalue weighted by Crippen LogP contribution is -2.32. The van der Waals surface area contributed by atoms with E-state index in [1.54, 1.807) is 6.07 Å². The number of amides is 2. The molecule has 1 heterocycles. The molecule has 160 valence electrons. The summed E-state index contributed by atoms with van der Waals surface area (Å²) in [5.41, 5.74) is 6.54. The Bertz CT molecular complexity index is 1350. The van der Waals surface area contributed by atoms with Crippen molar-refractivity contribution in [3.05, 3.63) is 94.8 Å². The second-order valence-electron chi connectivity index (χ2n) is 7.32. The van der Waals surface area contributed by atoms with E-state index >= 15 is 0 Å². The maximum atomic E-state index is 12.3. The molecule has 1 aromatic heterocycles. The average molecular weight is 445 g/mol. The highest BCUT2D eigenvalue weighted by Gasteiger charge is 2.15. The Morgan fingerprint density at radius 1 is 0.938 bits per heavy atom. The van der Waals surface area contributed by atoms with Crippen LogP contribution in [-0.4, -0.2) is 22.6 Å². The average Bonchev–Trinajstić information content (AvgIpc) is 3.06. The van der Waals surface area contributed by atoms with E-state index in [0.717, 1.165) is 33.4 Å². The molecular formula is C25H21ClN4O2. The number of hydrazone groups is 1. The van der Waals surface area contributed by atoms with Gasteiger partial charge in [-0.1, -0.05) is 54.1 Å². The molecule has 4 aromatic rings. The van der Waals surface area contributed by atoms with E-state index in [2.05, 4.69) is 15.8 Å². The molecule has 32 heavy (non-hydrogen) atoms. The van der Waals surface area contributed by atoms with E-state index in [4.69, 9.17) is 11.6 Å². The van der Waals surface area contributed by atoms with Crippen LogP contribution in [0, 0.1) is 13.8 Å². The minimum absolute atomic E-state index is 0.567. The Hall–Kier alpha value is -3.90. The minimum Gasteiger partial charge on any atom is -0.318 e. The van der Waals surface area contributed by atoms with Gasteiger partial charge in [-0.25, -0.2) is 5.43 Å². The zero-order valence-electron chi connectivity index (χ0n) is 17.6. The largest absolute Gasteiger partial charge is 0.329 e. The maximum Gasteiger partial charge on any atom is 0.329 e. The Labute approximate surface area is 190 Å². The van der Waals surface area contributed by atoms with Crippen molar-refractivity contribution in [2.75, 3.05) is 5.32 Å². The van der Waals surface area contributed by atoms with Crippen molar-refractivity contribution in [3.8, 4) is 5.69 Å². The maximum absolute atomic E-state index is 12.3. The molecule has 0 radical (unpaired) electrons. The van der Waals surface area contributed by atoms with Crippen LogP contribution in [0.1, 0.15) is 17.0 Å². The van der Waals surface area contributed by atoms with Crippen LogP contribution in [0.3, 0.4) is 0 Å². The lowest BCUT2D eigenvalue weighted by molar-refractivity contribution is -0.136. The van der Waals surface area contributed by atoms with E-state index in [-0.39, 0.29) is 0 Å². The van der Waals surface area contributed by atoms with E-state index < -0.39 is 11.8 Å². The molecule has 0 unspecified atom stereocenters. The molecule has 0 bridgehead atoms. The summed E-state index contributed by atoms with van der Waals surface area (Å²) >= 11 is 6.12. The third-order valence-corrected chi connectivity index (χ3v) is 5.39. The number of nitrogens with one attached hydrogen (secondary N) is 2. The summed E-state index contributed by atoms with van der Waals surface area (Å²) in [5, 5.41) is 9.09. The third-order valence-electron chi connectivity index (χ3n) is 5.15. The number of aromatic nitrogens is 1. The van der Waals surface area contributed by atoms with Crippen LogP contribution in [0.4, 0.5) is 5.69 Å². The molecule has 7 heteroatoms. The van der Waals surface area contributed by atoms with Crippen molar-refractivity contribution in [1.29, 1.82) is 0 Å². The van der Waals surface area contributed by atoms with Crippen molar-refractivity contribution < 1.29 is 9.59 Å². The van der Waals surface area contributed by atoms with Crippen molar-refractivity contribution in [2.24, 2.45) is 5.10 Å². The van der Waals surface area contributed by atoms with Crippen LogP contribution in [0.25, 0.3) is 16.5 Å². The van der Waals surface area contributed by atoms with E-state index in [0.29, 0.717) is 10.7 Å². The first-order valence-electron chi connectivity index (χ1n) is 10.0. The number of benzene rings is 3. The Balaban J connectivity index is 1.45. The summed E-state index contributed by atoms with van der Waals surface area (Å²) in [5.74, 6) is -1.64. The molecule has 0 saturated heterocycles. The monoisotopic (exact) mass is 444 g/mol. The third kappa shape index (κ3) is 4.40. The molecular weight excluding hydrogens is 424 g/mol. The van der Waals surface area contributed by atoms with Crippen LogP contribution in [-0.2, 0) is 9.59 Å². The summed E-state index contributed by atoms with van der Waals surface area (Å²) in [6.45, 7) is 3.92. The molecule has 4 rings (SSSR count). The molecule has 2 amide bonds. The van der Waals surface area contributed by atoms with E-state index in [9.17, 15) is 9.59 Å². The summed E-state index contributed by atoms with van der Waals surface area (Å²) in [4.78, 5) is 24.6. The van der Waals surface area contributed by atoms with Gasteiger partial charge in [0.25, 0.3) is 0 Å². The van der Waals surface area contributed by atoms with Crippen LogP contribution in [0.2, 0.25) is 5.02 Å². The van der Waals surface area contributed by atoms with Crippen LogP contribution in [0.15, 0.2) is 77.9 Å². The molecule has 0 aliphatic carbocycles. The van der Waals surface area contributed by atoms with Gasteiger partial charge in [0.15, 0.2) is 0 Å². The van der Waals surface area contributed by atoms with E-state index in [1.807, 2.05) is 85.1 Å². The molecule has 0 aliphatic rings. The van der Waals surface area contributed by atoms with Gasteiger partial charge in [0.2, 0.25) is 0 Å². The molecule has 0 fully saturated rings. The van der Waals surface area contributed by atoms with Gasteiger partial charge in [-0.15, -0.1) is 0 Å². The highest BCUT2D eigenvalue weighted by molar-refractivity contribution is 6.40. The molecule has 0 atom stereocenters. The lowest BCUT2D eigenvalue weighted by Gasteiger charge is -2.09. The first-order valence-corrected chi connectivity index (χ1v) is 10.4. The van der Waals surface area contributed by atoms with Crippen molar-refractivity contribution in [2.45, 2.75) is 13.8 Å². The number of nitrogens with zero attached hydrogens (tertiary/aromatic N) is 2. The van der Waals surface area contributed by atoms with Gasteiger partial charge in [0, 0.05) is 38.7 Å². The van der Waals surface area contributed by atoms with Crippen molar-refractivity contribution in [3.63, 3.8) is 0 Å². The van der Waals surface area contributed by atoms with Gasteiger partial charge in [0.05, 0.1) is 6.21 Å². The standard InChI is InChI=1S/C25H21ClN4O2/c1-16-13-19(17(2)30(16)21-10-6-9-20(26)14-21)15-27-29-25(32)24(31)28-23-12-5-8-18-7-3-4-11-22(18)23/h3-15H,1-2H3,(H,28,31)(H,29,32)/b27-15-. The summed E-state index contributed by atoms with van der Waals surface area (Å²) in [6.07, 6.45) is 1.52. The number of rotatable bonds is 4. The quantitative estimate of drug-likeness (QED) is 0.264. The molecule has 2 N–H and O–H groups in total. The zero-order chi connectivity index (χ0) is 22.7. The van der Waals surface area contributed by atoms with Gasteiger partial charge in [0.1, 0.15) is 0 Å². The number of anilines is 1. The summed E-state index contributed by atoms with van der Waals surface area (Å²) in [7, 11) is 0. The number of fused-ring (bicyclic) bond motifs is 1. The van der Waals surface area contributed by atoms with Crippen LogP contribution in [0.5, 0.6) is 0 Å². The number of halogens is 1. The van der Waals surface area contributed by atoms with Gasteiger partial charge >= 0.3 is 11.8 Å². The van der Waals surface area contributed by atoms with E-state index in [1.165, 1.54) is 6.21 Å². The predicted molar refractivity (Wildman–Crippen MR) is 129 cm³/mol. The highest BCUT2D eigenvalue weighted by Crippen LogP contribution is 2.23. The van der Waals surface area contributed by atoms with Gasteiger partial charge < -0.3 is 9.88 Å². The number of carbonyl (C=O) groups excluding carboxylic acids is 2. The number of aryl methyl sites for hydroxylation is 1. The SMILES string of the molecule is Cc1cc(/C=N\NC(=O)C(=O)Nc2cccc3ccccc23)c(C)n1-c1cccc(Cl)c1. The van der Waals surface area contributed by atoms with Crippen LogP contribution < -0.4 is 10.7 Å². The van der Waals surface area contributed by atoms with Crippen molar-refractivity contribution in [1.82, 2.24) is 9.99 Å². The fraction of sp³-hybridized carbons (Fsp3) is 0.0800. The number of hydrogen-bond donors (Lipinski definition) is 2. The topological polar surface area (TPSA) is 75.5 Å². The Morgan fingerprint density at radius 2 is 1.69 bits per heavy atom. The highest BCUT2D eigenvalue weighted by atomic mass is 35.5. The summed E-state index contributed by atoms with van der Waals surface area (Å²) in [6, 6.07) is 22.6. The number of hydrogen-bond acceptors (Lipinski definition) is 3. The fourth-order valence-corrected chi connectivity index (χ4v) is 3.84. The number of carbonyl (C=O) groups is 2. The Morgan fingerprint density at radius 3 is 2.50 bits per heavy atom. The normalized spacial score (nSPS) is 11.1. The molecule has 6 nitrogen and oxygen atoms in total. The first kappa shape index (κ1) is 21.3. The first-order chi connectivity index (χ1) is 15.4. The lowest BCUT2D eigenvalue weighted by atomic mass is 10.1. The van der Waals surface area contributed by atoms with Crippen molar-refractivity contribution >= 4 is 46.1 Å². The second kappa shape index (κ2) is 9.08. The fourth-order valence-electron chi connectivity index (χ4n) is 3.66. The van der Waals surface area contributed by atoms with Gasteiger partial charge in [-0.05, 0) is 49.6 Å². The summed E-state index contributed by atoms with van der Waals surface area (Å²) < 4.78 is 2.04. The molecule has 0 aliphatic heterocycles.